The van der Waals surface area contributed by atoms with E-state index < -0.39 is 0 Å². The molecule has 42 heavy (non-hydrogen) atoms. The Morgan fingerprint density at radius 1 is 0.548 bits per heavy atom. The Bertz CT molecular complexity index is 2180. The van der Waals surface area contributed by atoms with Crippen LogP contribution in [0.1, 0.15) is 11.1 Å². The minimum absolute atomic E-state index is 0.0534. The van der Waals surface area contributed by atoms with Crippen LogP contribution in [-0.2, 0) is 0 Å². The van der Waals surface area contributed by atoms with Crippen LogP contribution in [-0.4, -0.2) is 10.4 Å². The number of aromatic nitrogens is 1. The molecule has 0 spiro atoms. The van der Waals surface area contributed by atoms with Crippen molar-refractivity contribution in [2.75, 3.05) is 4.90 Å². The van der Waals surface area contributed by atoms with Crippen LogP contribution in [0.3, 0.4) is 0 Å². The predicted molar refractivity (Wildman–Crippen MR) is 168 cm³/mol. The van der Waals surface area contributed by atoms with Gasteiger partial charge in [-0.2, -0.15) is 10.5 Å². The highest BCUT2D eigenvalue weighted by atomic mass is 15.2. The van der Waals surface area contributed by atoms with E-state index in [1.54, 1.807) is 0 Å². The number of aliphatic imine (C=N–C) groups is 1. The van der Waals surface area contributed by atoms with Crippen molar-refractivity contribution in [1.29, 1.82) is 10.5 Å². The van der Waals surface area contributed by atoms with Crippen LogP contribution in [0.2, 0.25) is 0 Å². The van der Waals surface area contributed by atoms with E-state index in [-0.39, 0.29) is 5.57 Å². The van der Waals surface area contributed by atoms with Gasteiger partial charge in [0.2, 0.25) is 0 Å². The summed E-state index contributed by atoms with van der Waals surface area (Å²) in [6.45, 7) is 0. The van der Waals surface area contributed by atoms with Gasteiger partial charge < -0.3 is 4.57 Å². The van der Waals surface area contributed by atoms with E-state index >= 15 is 0 Å². The van der Waals surface area contributed by atoms with Gasteiger partial charge in [0.05, 0.1) is 22.1 Å². The number of benzene rings is 5. The standard InChI is InChI=1S/C37H23N5/c38-24-26(25-39)34-30-20-10-11-21-31(30)35(41(34)28-16-6-2-7-17-28)36-32-22-12-13-23-33(32)37(40-27-14-4-1-5-15-27)42(36)29-18-8-3-9-19-29/h1-23H/b36-35-,40-37?. The summed E-state index contributed by atoms with van der Waals surface area (Å²) in [5, 5.41) is 23.5. The van der Waals surface area contributed by atoms with Gasteiger partial charge in [-0.25, -0.2) is 4.99 Å². The molecule has 5 nitrogen and oxygen atoms in total. The van der Waals surface area contributed by atoms with Gasteiger partial charge in [0.25, 0.3) is 0 Å². The third-order valence-corrected chi connectivity index (χ3v) is 7.45. The van der Waals surface area contributed by atoms with Crippen molar-refractivity contribution in [3.8, 4) is 17.8 Å². The molecule has 0 unspecified atom stereocenters. The summed E-state index contributed by atoms with van der Waals surface area (Å²) in [5.41, 5.74) is 5.64. The van der Waals surface area contributed by atoms with Crippen molar-refractivity contribution in [2.24, 2.45) is 4.99 Å². The summed E-state index contributed by atoms with van der Waals surface area (Å²) in [4.78, 5) is 7.39. The Balaban J connectivity index is 1.76. The Morgan fingerprint density at radius 2 is 1.07 bits per heavy atom. The van der Waals surface area contributed by atoms with E-state index in [1.807, 2.05) is 109 Å². The average Bonchev–Trinajstić information content (AvgIpc) is 3.56. The van der Waals surface area contributed by atoms with Crippen molar-refractivity contribution in [2.45, 2.75) is 0 Å². The third kappa shape index (κ3) is 3.97. The fourth-order valence-corrected chi connectivity index (χ4v) is 5.72. The maximum Gasteiger partial charge on any atom is 0.154 e. The Hall–Kier alpha value is -6.17. The molecule has 0 aliphatic carbocycles. The predicted octanol–water partition coefficient (Wildman–Crippen LogP) is 6.58. The fourth-order valence-electron chi connectivity index (χ4n) is 5.72. The lowest BCUT2D eigenvalue weighted by Crippen LogP contribution is -2.34. The summed E-state index contributed by atoms with van der Waals surface area (Å²) in [5.74, 6) is 0.800. The van der Waals surface area contributed by atoms with Crippen LogP contribution in [0, 0.1) is 22.7 Å². The van der Waals surface area contributed by atoms with Crippen LogP contribution < -0.4 is 15.6 Å². The molecular formula is C37H23N5. The second-order valence-corrected chi connectivity index (χ2v) is 9.85. The molecule has 0 bridgehead atoms. The first-order chi connectivity index (χ1) is 20.8. The Morgan fingerprint density at radius 3 is 1.71 bits per heavy atom. The van der Waals surface area contributed by atoms with Gasteiger partial charge in [-0.3, -0.25) is 4.90 Å². The molecule has 196 valence electrons. The molecule has 0 saturated heterocycles. The number of nitrogens with zero attached hydrogens (tertiary/aromatic N) is 5. The first-order valence-corrected chi connectivity index (χ1v) is 13.6. The van der Waals surface area contributed by atoms with Crippen LogP contribution in [0.4, 0.5) is 11.4 Å². The molecule has 5 aromatic carbocycles. The number of rotatable bonds is 3. The Labute approximate surface area is 243 Å². The van der Waals surface area contributed by atoms with Gasteiger partial charge in [0, 0.05) is 33.3 Å². The number of hydrogen-bond donors (Lipinski definition) is 0. The number of amidine groups is 1. The molecule has 2 heterocycles. The summed E-state index contributed by atoms with van der Waals surface area (Å²) in [6, 6.07) is 50.7. The van der Waals surface area contributed by atoms with Gasteiger partial charge >= 0.3 is 0 Å². The van der Waals surface area contributed by atoms with E-state index in [0.717, 1.165) is 55.8 Å². The maximum absolute atomic E-state index is 10.1. The van der Waals surface area contributed by atoms with E-state index in [4.69, 9.17) is 4.99 Å². The largest absolute Gasteiger partial charge is 0.305 e. The molecule has 0 fully saturated rings. The second-order valence-electron chi connectivity index (χ2n) is 9.85. The zero-order valence-electron chi connectivity index (χ0n) is 22.5. The lowest BCUT2D eigenvalue weighted by atomic mass is 10.1. The van der Waals surface area contributed by atoms with Crippen molar-refractivity contribution < 1.29 is 0 Å². The van der Waals surface area contributed by atoms with Gasteiger partial charge in [-0.15, -0.1) is 0 Å². The average molecular weight is 538 g/mol. The lowest BCUT2D eigenvalue weighted by molar-refractivity contribution is 0.992. The van der Waals surface area contributed by atoms with Crippen molar-refractivity contribution in [3.63, 3.8) is 0 Å². The normalized spacial score (nSPS) is 14.4. The highest BCUT2D eigenvalue weighted by Gasteiger charge is 2.34. The number of para-hydroxylation sites is 3. The molecule has 1 aromatic heterocycles. The number of nitriles is 2. The van der Waals surface area contributed by atoms with E-state index in [2.05, 4.69) is 51.9 Å². The number of anilines is 1. The summed E-state index contributed by atoms with van der Waals surface area (Å²) < 4.78 is 2.06. The first-order valence-electron chi connectivity index (χ1n) is 13.6. The van der Waals surface area contributed by atoms with Crippen LogP contribution in [0.25, 0.3) is 27.7 Å². The quantitative estimate of drug-likeness (QED) is 0.256. The lowest BCUT2D eigenvalue weighted by Gasteiger charge is -2.22. The second kappa shape index (κ2) is 10.4. The number of fused-ring (bicyclic) bond motifs is 2. The zero-order chi connectivity index (χ0) is 28.5. The maximum atomic E-state index is 10.1. The smallest absolute Gasteiger partial charge is 0.154 e. The molecular weight excluding hydrogens is 514 g/mol. The minimum Gasteiger partial charge on any atom is -0.305 e. The Kier molecular flexibility index (Phi) is 6.17. The molecule has 5 heteroatoms. The SMILES string of the molecule is N#CC(C#N)=c1c2ccccc2/c(=C2\c3ccccc3C(=Nc3ccccc3)N2c2ccccc2)n1-c1ccccc1. The molecule has 0 amide bonds. The van der Waals surface area contributed by atoms with Gasteiger partial charge in [0.15, 0.2) is 5.57 Å². The van der Waals surface area contributed by atoms with Crippen molar-refractivity contribution in [1.82, 2.24) is 4.57 Å². The van der Waals surface area contributed by atoms with Crippen molar-refractivity contribution in [3.05, 3.63) is 161 Å². The van der Waals surface area contributed by atoms with Gasteiger partial charge in [-0.1, -0.05) is 103 Å². The van der Waals surface area contributed by atoms with Gasteiger partial charge in [-0.05, 0) is 36.4 Å². The molecule has 1 aliphatic heterocycles. The molecule has 7 rings (SSSR count). The van der Waals surface area contributed by atoms with Gasteiger partial charge in [0.1, 0.15) is 18.0 Å². The van der Waals surface area contributed by atoms with Crippen LogP contribution in [0.5, 0.6) is 0 Å². The minimum atomic E-state index is 0.0534. The molecule has 0 atom stereocenters. The summed E-state index contributed by atoms with van der Waals surface area (Å²) >= 11 is 0. The summed E-state index contributed by atoms with van der Waals surface area (Å²) in [7, 11) is 0. The van der Waals surface area contributed by atoms with E-state index in [9.17, 15) is 10.5 Å². The first kappa shape index (κ1) is 24.8. The molecule has 0 saturated carbocycles. The monoisotopic (exact) mass is 537 g/mol. The van der Waals surface area contributed by atoms with Crippen LogP contribution in [0.15, 0.2) is 145 Å². The topological polar surface area (TPSA) is 68.1 Å². The number of hydrogen-bond acceptors (Lipinski definition) is 3. The van der Waals surface area contributed by atoms with Crippen molar-refractivity contribution >= 4 is 39.3 Å². The van der Waals surface area contributed by atoms with E-state index in [0.29, 0.717) is 5.35 Å². The highest BCUT2D eigenvalue weighted by molar-refractivity contribution is 6.25. The molecule has 0 N–H and O–H groups in total. The zero-order valence-corrected chi connectivity index (χ0v) is 22.5. The molecule has 0 radical (unpaired) electrons. The molecule has 1 aliphatic rings. The van der Waals surface area contributed by atoms with Crippen LogP contribution >= 0.6 is 0 Å². The summed E-state index contributed by atoms with van der Waals surface area (Å²) in [6.07, 6.45) is 0. The molecule has 6 aromatic rings. The third-order valence-electron chi connectivity index (χ3n) is 7.45. The fraction of sp³-hybridized carbons (Fsp3) is 0. The van der Waals surface area contributed by atoms with E-state index in [1.165, 1.54) is 0 Å². The highest BCUT2D eigenvalue weighted by Crippen LogP contribution is 2.37.